The molecule has 2 heterocycles. The van der Waals surface area contributed by atoms with E-state index in [1.165, 1.54) is 0 Å². The lowest BCUT2D eigenvalue weighted by Gasteiger charge is -2.03. The third-order valence-corrected chi connectivity index (χ3v) is 3.15. The van der Waals surface area contributed by atoms with Gasteiger partial charge in [0.2, 0.25) is 0 Å². The van der Waals surface area contributed by atoms with Gasteiger partial charge < -0.3 is 4.74 Å². The number of nitrogens with zero attached hydrogens (tertiary/aromatic N) is 4. The van der Waals surface area contributed by atoms with Gasteiger partial charge in [-0.05, 0) is 43.3 Å². The normalized spacial score (nSPS) is 10.6. The quantitative estimate of drug-likeness (QED) is 0.742. The first-order chi connectivity index (χ1) is 10.2. The van der Waals surface area contributed by atoms with Gasteiger partial charge >= 0.3 is 0 Å². The van der Waals surface area contributed by atoms with Crippen LogP contribution < -0.4 is 4.74 Å². The molecule has 0 radical (unpaired) electrons. The second-order valence-electron chi connectivity index (χ2n) is 4.55. The third kappa shape index (κ3) is 3.38. The maximum absolute atomic E-state index is 5.86. The summed E-state index contributed by atoms with van der Waals surface area (Å²) in [4.78, 5) is 4.17. The predicted octanol–water partition coefficient (Wildman–Crippen LogP) is 3.20. The molecule has 6 heteroatoms. The van der Waals surface area contributed by atoms with Crippen LogP contribution in [0.25, 0.3) is 5.69 Å². The van der Waals surface area contributed by atoms with Crippen LogP contribution in [-0.2, 0) is 6.61 Å². The molecule has 0 atom stereocenters. The lowest BCUT2D eigenvalue weighted by atomic mass is 10.3. The fourth-order valence-electron chi connectivity index (χ4n) is 1.78. The zero-order valence-corrected chi connectivity index (χ0v) is 12.2. The monoisotopic (exact) mass is 300 g/mol. The number of aromatic nitrogens is 4. The minimum Gasteiger partial charge on any atom is -0.486 e. The van der Waals surface area contributed by atoms with Crippen molar-refractivity contribution >= 4 is 11.6 Å². The Hall–Kier alpha value is -2.40. The lowest BCUT2D eigenvalue weighted by molar-refractivity contribution is 0.300. The third-order valence-electron chi connectivity index (χ3n) is 2.90. The van der Waals surface area contributed by atoms with Crippen molar-refractivity contribution in [1.82, 2.24) is 20.0 Å². The van der Waals surface area contributed by atoms with E-state index in [2.05, 4.69) is 15.3 Å². The van der Waals surface area contributed by atoms with Crippen LogP contribution in [0.5, 0.6) is 5.75 Å². The fraction of sp³-hybridized carbons (Fsp3) is 0.133. The molecule has 21 heavy (non-hydrogen) atoms. The van der Waals surface area contributed by atoms with Crippen molar-refractivity contribution in [2.75, 3.05) is 0 Å². The Kier molecular flexibility index (Phi) is 3.83. The highest BCUT2D eigenvalue weighted by Crippen LogP contribution is 2.14. The Bertz CT molecular complexity index is 722. The zero-order valence-electron chi connectivity index (χ0n) is 11.4. The molecule has 0 spiro atoms. The van der Waals surface area contributed by atoms with Crippen LogP contribution in [0.3, 0.4) is 0 Å². The number of halogens is 1. The van der Waals surface area contributed by atoms with Gasteiger partial charge in [-0.1, -0.05) is 16.8 Å². The van der Waals surface area contributed by atoms with Crippen LogP contribution in [0.1, 0.15) is 11.4 Å². The van der Waals surface area contributed by atoms with Gasteiger partial charge in [-0.3, -0.25) is 4.98 Å². The summed E-state index contributed by atoms with van der Waals surface area (Å²) in [7, 11) is 0. The maximum Gasteiger partial charge on any atom is 0.138 e. The van der Waals surface area contributed by atoms with Gasteiger partial charge in [0, 0.05) is 10.7 Å². The highest BCUT2D eigenvalue weighted by Gasteiger charge is 2.04. The molecule has 3 rings (SSSR count). The Morgan fingerprint density at radius 2 is 1.95 bits per heavy atom. The highest BCUT2D eigenvalue weighted by atomic mass is 35.5. The SMILES string of the molecule is Cc1ccc(OCc2cn(-c3ccc(Cl)cc3)nn2)cn1. The molecule has 0 aliphatic heterocycles. The van der Waals surface area contributed by atoms with Crippen molar-refractivity contribution in [3.63, 3.8) is 0 Å². The average molecular weight is 301 g/mol. The molecule has 0 amide bonds. The van der Waals surface area contributed by atoms with Crippen LogP contribution in [0.15, 0.2) is 48.8 Å². The maximum atomic E-state index is 5.86. The van der Waals surface area contributed by atoms with E-state index < -0.39 is 0 Å². The van der Waals surface area contributed by atoms with Crippen molar-refractivity contribution in [2.24, 2.45) is 0 Å². The largest absolute Gasteiger partial charge is 0.486 e. The van der Waals surface area contributed by atoms with Gasteiger partial charge in [0.05, 0.1) is 18.1 Å². The Balaban J connectivity index is 1.67. The molecule has 0 bridgehead atoms. The van der Waals surface area contributed by atoms with E-state index in [-0.39, 0.29) is 0 Å². The molecular formula is C15H13ClN4O. The standard InChI is InChI=1S/C15H13ClN4O/c1-11-2-7-15(8-17-11)21-10-13-9-20(19-18-13)14-5-3-12(16)4-6-14/h2-9H,10H2,1H3. The smallest absolute Gasteiger partial charge is 0.138 e. The first kappa shape index (κ1) is 13.6. The van der Waals surface area contributed by atoms with E-state index in [9.17, 15) is 0 Å². The topological polar surface area (TPSA) is 52.8 Å². The molecule has 0 N–H and O–H groups in total. The van der Waals surface area contributed by atoms with Crippen molar-refractivity contribution in [1.29, 1.82) is 0 Å². The van der Waals surface area contributed by atoms with Gasteiger partial charge in [-0.2, -0.15) is 0 Å². The molecule has 0 fully saturated rings. The van der Waals surface area contributed by atoms with E-state index in [1.807, 2.05) is 49.5 Å². The van der Waals surface area contributed by atoms with Crippen LogP contribution in [0, 0.1) is 6.92 Å². The first-order valence-corrected chi connectivity index (χ1v) is 6.81. The summed E-state index contributed by atoms with van der Waals surface area (Å²) in [5.41, 5.74) is 2.59. The summed E-state index contributed by atoms with van der Waals surface area (Å²) in [6.07, 6.45) is 3.52. The van der Waals surface area contributed by atoms with Crippen LogP contribution in [0.4, 0.5) is 0 Å². The molecule has 0 saturated heterocycles. The van der Waals surface area contributed by atoms with E-state index in [0.717, 1.165) is 17.1 Å². The number of benzene rings is 1. The Morgan fingerprint density at radius 3 is 2.67 bits per heavy atom. The minimum absolute atomic E-state index is 0.346. The highest BCUT2D eigenvalue weighted by molar-refractivity contribution is 6.30. The molecule has 106 valence electrons. The first-order valence-electron chi connectivity index (χ1n) is 6.43. The van der Waals surface area contributed by atoms with E-state index in [0.29, 0.717) is 17.4 Å². The number of aryl methyl sites for hydroxylation is 1. The van der Waals surface area contributed by atoms with Crippen molar-refractivity contribution < 1.29 is 4.74 Å². The summed E-state index contributed by atoms with van der Waals surface area (Å²) in [5.74, 6) is 0.710. The summed E-state index contributed by atoms with van der Waals surface area (Å²) in [5, 5.41) is 8.84. The predicted molar refractivity (Wildman–Crippen MR) is 79.7 cm³/mol. The second kappa shape index (κ2) is 5.93. The molecular weight excluding hydrogens is 288 g/mol. The van der Waals surface area contributed by atoms with Crippen LogP contribution >= 0.6 is 11.6 Å². The van der Waals surface area contributed by atoms with Gasteiger partial charge in [0.25, 0.3) is 0 Å². The molecule has 0 unspecified atom stereocenters. The van der Waals surface area contributed by atoms with Gasteiger partial charge in [-0.25, -0.2) is 4.68 Å². The fourth-order valence-corrected chi connectivity index (χ4v) is 1.91. The van der Waals surface area contributed by atoms with Crippen molar-refractivity contribution in [2.45, 2.75) is 13.5 Å². The van der Waals surface area contributed by atoms with E-state index in [1.54, 1.807) is 10.9 Å². The van der Waals surface area contributed by atoms with Crippen molar-refractivity contribution in [3.8, 4) is 11.4 Å². The van der Waals surface area contributed by atoms with Gasteiger partial charge in [-0.15, -0.1) is 5.10 Å². The summed E-state index contributed by atoms with van der Waals surface area (Å²) in [6.45, 7) is 2.28. The summed E-state index contributed by atoms with van der Waals surface area (Å²) < 4.78 is 7.30. The molecule has 2 aromatic heterocycles. The molecule has 3 aromatic rings. The zero-order chi connectivity index (χ0) is 14.7. The molecule has 0 aliphatic carbocycles. The van der Waals surface area contributed by atoms with Crippen molar-refractivity contribution in [3.05, 3.63) is 65.2 Å². The Labute approximate surface area is 127 Å². The number of hydrogen-bond acceptors (Lipinski definition) is 4. The number of hydrogen-bond donors (Lipinski definition) is 0. The number of rotatable bonds is 4. The van der Waals surface area contributed by atoms with Crippen LogP contribution in [-0.4, -0.2) is 20.0 Å². The summed E-state index contributed by atoms with van der Waals surface area (Å²) >= 11 is 5.86. The molecule has 5 nitrogen and oxygen atoms in total. The number of ether oxygens (including phenoxy) is 1. The molecule has 1 aromatic carbocycles. The minimum atomic E-state index is 0.346. The van der Waals surface area contributed by atoms with Crippen LogP contribution in [0.2, 0.25) is 5.02 Å². The van der Waals surface area contributed by atoms with Gasteiger partial charge in [0.1, 0.15) is 18.1 Å². The van der Waals surface area contributed by atoms with Gasteiger partial charge in [0.15, 0.2) is 0 Å². The summed E-state index contributed by atoms with van der Waals surface area (Å²) in [6, 6.07) is 11.2. The number of pyridine rings is 1. The van der Waals surface area contributed by atoms with E-state index in [4.69, 9.17) is 16.3 Å². The lowest BCUT2D eigenvalue weighted by Crippen LogP contribution is -1.96. The second-order valence-corrected chi connectivity index (χ2v) is 4.99. The Morgan fingerprint density at radius 1 is 1.14 bits per heavy atom. The molecule has 0 aliphatic rings. The average Bonchev–Trinajstić information content (AvgIpc) is 2.96. The molecule has 0 saturated carbocycles. The van der Waals surface area contributed by atoms with E-state index >= 15 is 0 Å².